The van der Waals surface area contributed by atoms with Crippen molar-refractivity contribution >= 4 is 17.6 Å². The molecule has 0 saturated carbocycles. The molecule has 0 saturated heterocycles. The zero-order chi connectivity index (χ0) is 17.1. The molecule has 0 spiro atoms. The Morgan fingerprint density at radius 1 is 1.27 bits per heavy atom. The third-order valence-corrected chi connectivity index (χ3v) is 2.61. The van der Waals surface area contributed by atoms with Gasteiger partial charge < -0.3 is 9.47 Å². The molecule has 0 amide bonds. The molecule has 0 fully saturated rings. The highest BCUT2D eigenvalue weighted by molar-refractivity contribution is 6.17. The number of hydrogen-bond donors (Lipinski definition) is 0. The molecule has 0 aliphatic rings. The van der Waals surface area contributed by atoms with Gasteiger partial charge in [0.1, 0.15) is 11.4 Å². The van der Waals surface area contributed by atoms with Crippen LogP contribution < -0.4 is 4.74 Å². The Bertz CT molecular complexity index is 558. The number of carbonyl (C=O) groups is 1. The Hall–Kier alpha value is -1.71. The van der Waals surface area contributed by atoms with Gasteiger partial charge in [-0.2, -0.15) is 13.2 Å². The fourth-order valence-electron chi connectivity index (χ4n) is 1.48. The van der Waals surface area contributed by atoms with Crippen LogP contribution in [0.25, 0.3) is 0 Å². The second-order valence-corrected chi connectivity index (χ2v) is 4.13. The molecule has 1 aromatic heterocycles. The van der Waals surface area contributed by atoms with Gasteiger partial charge in [-0.05, 0) is 0 Å². The molecule has 0 radical (unpaired) electrons. The average Bonchev–Trinajstić information content (AvgIpc) is 2.37. The lowest BCUT2D eigenvalue weighted by Crippen LogP contribution is -2.21. The van der Waals surface area contributed by atoms with E-state index in [2.05, 4.69) is 14.5 Å². The summed E-state index contributed by atoms with van der Waals surface area (Å²) >= 11 is 5.41. The lowest BCUT2D eigenvalue weighted by Gasteiger charge is -2.17. The molecule has 0 N–H and O–H groups in total. The van der Waals surface area contributed by atoms with Crippen molar-refractivity contribution in [1.29, 1.82) is 0 Å². The third kappa shape index (κ3) is 4.93. The summed E-state index contributed by atoms with van der Waals surface area (Å²) in [6.07, 6.45) is -11.0. The summed E-state index contributed by atoms with van der Waals surface area (Å²) < 4.78 is 82.7. The van der Waals surface area contributed by atoms with Crippen LogP contribution in [0.1, 0.15) is 17.0 Å². The molecule has 1 rings (SSSR count). The van der Waals surface area contributed by atoms with E-state index in [1.807, 2.05) is 0 Å². The Morgan fingerprint density at radius 3 is 2.27 bits per heavy atom. The fraction of sp³-hybridized carbons (Fsp3) is 0.455. The van der Waals surface area contributed by atoms with Gasteiger partial charge in [-0.25, -0.2) is 4.98 Å². The first-order valence-corrected chi connectivity index (χ1v) is 6.00. The summed E-state index contributed by atoms with van der Waals surface area (Å²) in [4.78, 5) is 14.3. The lowest BCUT2D eigenvalue weighted by molar-refractivity contribution is -0.275. The van der Waals surface area contributed by atoms with Crippen LogP contribution in [0, 0.1) is 0 Å². The van der Waals surface area contributed by atoms with Crippen molar-refractivity contribution in [2.45, 2.75) is 24.8 Å². The minimum atomic E-state index is -5.25. The predicted octanol–water partition coefficient (Wildman–Crippen LogP) is 3.45. The first kappa shape index (κ1) is 18.3. The molecule has 1 heterocycles. The number of hydrogen-bond acceptors (Lipinski definition) is 4. The van der Waals surface area contributed by atoms with Crippen LogP contribution in [0.2, 0.25) is 0 Å². The first-order valence-electron chi connectivity index (χ1n) is 5.46. The van der Waals surface area contributed by atoms with E-state index < -0.39 is 53.5 Å². The number of alkyl halides is 7. The van der Waals surface area contributed by atoms with Gasteiger partial charge >= 0.3 is 18.5 Å². The largest absolute Gasteiger partial charge is 0.573 e. The SMILES string of the molecule is COC(=O)Cc1c(OC(F)(F)F)cc(C(F)(F)F)nc1CCl. The molecule has 0 unspecified atom stereocenters. The highest BCUT2D eigenvalue weighted by Crippen LogP contribution is 2.36. The zero-order valence-corrected chi connectivity index (χ0v) is 11.6. The summed E-state index contributed by atoms with van der Waals surface area (Å²) in [5.74, 6) is -2.83. The third-order valence-electron chi connectivity index (χ3n) is 2.36. The van der Waals surface area contributed by atoms with Crippen molar-refractivity contribution in [3.63, 3.8) is 0 Å². The average molecular weight is 352 g/mol. The normalized spacial score (nSPS) is 12.2. The van der Waals surface area contributed by atoms with Crippen LogP contribution in [0.3, 0.4) is 0 Å². The zero-order valence-electron chi connectivity index (χ0n) is 10.8. The number of ether oxygens (including phenoxy) is 2. The van der Waals surface area contributed by atoms with E-state index >= 15 is 0 Å². The minimum absolute atomic E-state index is 0.0574. The number of nitrogens with zero attached hydrogens (tertiary/aromatic N) is 1. The van der Waals surface area contributed by atoms with E-state index in [0.29, 0.717) is 0 Å². The molecule has 1 aromatic rings. The minimum Gasteiger partial charge on any atom is -0.469 e. The summed E-state index contributed by atoms with van der Waals surface area (Å²) in [6, 6.07) is 0.0574. The van der Waals surface area contributed by atoms with Crippen molar-refractivity contribution < 1.29 is 40.6 Å². The number of pyridine rings is 1. The van der Waals surface area contributed by atoms with Gasteiger partial charge in [0.2, 0.25) is 0 Å². The van der Waals surface area contributed by atoms with Crippen LogP contribution in [-0.4, -0.2) is 24.4 Å². The molecule has 0 atom stereocenters. The highest BCUT2D eigenvalue weighted by atomic mass is 35.5. The maximum atomic E-state index is 12.6. The van der Waals surface area contributed by atoms with E-state index in [1.165, 1.54) is 0 Å². The van der Waals surface area contributed by atoms with Gasteiger partial charge in [-0.1, -0.05) is 0 Å². The van der Waals surface area contributed by atoms with Gasteiger partial charge in [0.05, 0.1) is 25.1 Å². The van der Waals surface area contributed by atoms with Gasteiger partial charge in [-0.15, -0.1) is 24.8 Å². The van der Waals surface area contributed by atoms with E-state index in [-0.39, 0.29) is 6.07 Å². The summed E-state index contributed by atoms with van der Waals surface area (Å²) in [7, 11) is 0.963. The van der Waals surface area contributed by atoms with E-state index in [0.717, 1.165) is 7.11 Å². The molecule has 11 heteroatoms. The molecular weight excluding hydrogens is 344 g/mol. The second kappa shape index (κ2) is 6.59. The number of rotatable bonds is 4. The quantitative estimate of drug-likeness (QED) is 0.473. The molecule has 0 bridgehead atoms. The van der Waals surface area contributed by atoms with Gasteiger partial charge in [0.15, 0.2) is 0 Å². The predicted molar refractivity (Wildman–Crippen MR) is 61.2 cm³/mol. The number of esters is 1. The van der Waals surface area contributed by atoms with Gasteiger partial charge in [0.25, 0.3) is 0 Å². The maximum Gasteiger partial charge on any atom is 0.573 e. The molecule has 0 aliphatic carbocycles. The lowest BCUT2D eigenvalue weighted by atomic mass is 10.1. The smallest absolute Gasteiger partial charge is 0.469 e. The second-order valence-electron chi connectivity index (χ2n) is 3.86. The molecule has 4 nitrogen and oxygen atoms in total. The summed E-state index contributed by atoms with van der Waals surface area (Å²) in [5.41, 5.74) is -2.69. The van der Waals surface area contributed by atoms with E-state index in [4.69, 9.17) is 11.6 Å². The van der Waals surface area contributed by atoms with Crippen molar-refractivity contribution in [1.82, 2.24) is 4.98 Å². The first-order chi connectivity index (χ1) is 9.97. The van der Waals surface area contributed by atoms with Crippen LogP contribution in [0.4, 0.5) is 26.3 Å². The van der Waals surface area contributed by atoms with Crippen molar-refractivity contribution in [3.8, 4) is 5.75 Å². The van der Waals surface area contributed by atoms with Gasteiger partial charge in [0, 0.05) is 11.6 Å². The Labute approximate surface area is 125 Å². The topological polar surface area (TPSA) is 48.4 Å². The van der Waals surface area contributed by atoms with Crippen molar-refractivity contribution in [2.75, 3.05) is 7.11 Å². The molecular formula is C11H8ClF6NO3. The molecule has 22 heavy (non-hydrogen) atoms. The number of halogens is 7. The monoisotopic (exact) mass is 351 g/mol. The Morgan fingerprint density at radius 2 is 1.86 bits per heavy atom. The van der Waals surface area contributed by atoms with Crippen LogP contribution in [-0.2, 0) is 28.0 Å². The van der Waals surface area contributed by atoms with Crippen LogP contribution in [0.5, 0.6) is 5.75 Å². The van der Waals surface area contributed by atoms with Crippen LogP contribution >= 0.6 is 11.6 Å². The molecule has 124 valence electrons. The highest BCUT2D eigenvalue weighted by Gasteiger charge is 2.38. The van der Waals surface area contributed by atoms with Crippen molar-refractivity contribution in [2.24, 2.45) is 0 Å². The number of methoxy groups -OCH3 is 1. The summed E-state index contributed by atoms with van der Waals surface area (Å²) in [6.45, 7) is 0. The van der Waals surface area contributed by atoms with Crippen LogP contribution in [0.15, 0.2) is 6.07 Å². The van der Waals surface area contributed by atoms with Crippen molar-refractivity contribution in [3.05, 3.63) is 23.0 Å². The Kier molecular flexibility index (Phi) is 5.49. The molecule has 0 aromatic carbocycles. The number of carbonyl (C=O) groups excluding carboxylic acids is 1. The summed E-state index contributed by atoms with van der Waals surface area (Å²) in [5, 5.41) is 0. The Balaban J connectivity index is 3.46. The standard InChI is InChI=1S/C11H8ClF6NO3/c1-21-9(20)2-5-6(4-12)19-8(10(13,14)15)3-7(5)22-11(16,17)18/h3H,2,4H2,1H3. The fourth-order valence-corrected chi connectivity index (χ4v) is 1.70. The number of aromatic nitrogens is 1. The van der Waals surface area contributed by atoms with Gasteiger partial charge in [-0.3, -0.25) is 4.79 Å². The van der Waals surface area contributed by atoms with E-state index in [9.17, 15) is 31.1 Å². The molecule has 0 aliphatic heterocycles. The maximum absolute atomic E-state index is 12.6. The van der Waals surface area contributed by atoms with E-state index in [1.54, 1.807) is 0 Å².